The maximum Gasteiger partial charge on any atom is 0.305 e. The minimum Gasteiger partial charge on any atom is -0.469 e. The van der Waals surface area contributed by atoms with Crippen LogP contribution in [0.4, 0.5) is 0 Å². The lowest BCUT2D eigenvalue weighted by atomic mass is 9.89. The summed E-state index contributed by atoms with van der Waals surface area (Å²) in [6, 6.07) is 0. The van der Waals surface area contributed by atoms with Crippen molar-refractivity contribution >= 4 is 33.5 Å². The van der Waals surface area contributed by atoms with Crippen LogP contribution in [0.2, 0.25) is 0 Å². The van der Waals surface area contributed by atoms with Gasteiger partial charge in [-0.3, -0.25) is 4.79 Å². The van der Waals surface area contributed by atoms with Gasteiger partial charge < -0.3 is 19.7 Å². The lowest BCUT2D eigenvalue weighted by molar-refractivity contribution is -0.140. The molecule has 2 N–H and O–H groups in total. The zero-order chi connectivity index (χ0) is 20.5. The molecule has 1 aliphatic heterocycles. The Bertz CT molecular complexity index is 503. The van der Waals surface area contributed by atoms with Crippen LogP contribution >= 0.6 is 27.5 Å². The zero-order valence-corrected chi connectivity index (χ0v) is 19.0. The second-order valence-electron chi connectivity index (χ2n) is 7.97. The second-order valence-corrected chi connectivity index (χ2v) is 9.52. The van der Waals surface area contributed by atoms with Crippen molar-refractivity contribution in [1.29, 1.82) is 0 Å². The number of ether oxygens (including phenoxy) is 2. The molecule has 7 heteroatoms. The van der Waals surface area contributed by atoms with Crippen molar-refractivity contribution in [2.24, 2.45) is 11.8 Å². The smallest absolute Gasteiger partial charge is 0.305 e. The average molecular weight is 482 g/mol. The van der Waals surface area contributed by atoms with Gasteiger partial charge in [0.1, 0.15) is 0 Å². The first kappa shape index (κ1) is 24.1. The van der Waals surface area contributed by atoms with E-state index in [0.29, 0.717) is 18.7 Å². The van der Waals surface area contributed by atoms with Gasteiger partial charge in [-0.05, 0) is 38.0 Å². The number of fused-ring (bicyclic) bond motifs is 1. The maximum absolute atomic E-state index is 11.2. The van der Waals surface area contributed by atoms with E-state index >= 15 is 0 Å². The highest BCUT2D eigenvalue weighted by Crippen LogP contribution is 2.46. The number of halogens is 2. The number of carbonyl (C=O) groups is 1. The summed E-state index contributed by atoms with van der Waals surface area (Å²) >= 11 is 9.39. The number of methoxy groups -OCH3 is 1. The first-order chi connectivity index (χ1) is 13.5. The molecule has 0 aromatic heterocycles. The number of aliphatic hydroxyl groups is 2. The molecule has 7 atom stereocenters. The van der Waals surface area contributed by atoms with Crippen LogP contribution in [0.3, 0.4) is 0 Å². The van der Waals surface area contributed by atoms with E-state index in [0.717, 1.165) is 44.9 Å². The molecule has 0 spiro atoms. The minimum absolute atomic E-state index is 0.0299. The molecule has 2 unspecified atom stereocenters. The molecule has 5 nitrogen and oxygen atoms in total. The number of hydrogen-bond donors (Lipinski definition) is 2. The van der Waals surface area contributed by atoms with E-state index < -0.39 is 12.2 Å². The average Bonchev–Trinajstić information content (AvgIpc) is 3.20. The SMILES string of the molecule is COC(=O)CCCC(Br)C1C[C@@H]2[C@@H](/C=C/[C@@H](O)CCCCCCl)[C@H](O)C[C@H]2O1. The van der Waals surface area contributed by atoms with E-state index in [-0.39, 0.29) is 34.8 Å². The fourth-order valence-corrected chi connectivity index (χ4v) is 5.18. The summed E-state index contributed by atoms with van der Waals surface area (Å²) in [5.41, 5.74) is 0. The minimum atomic E-state index is -0.470. The summed E-state index contributed by atoms with van der Waals surface area (Å²) in [4.78, 5) is 11.4. The standard InChI is InChI=1S/C21H34BrClO5/c1-27-21(26)8-5-7-17(22)20-12-16-15(18(25)13-19(16)28-20)10-9-14(24)6-3-2-4-11-23/h9-10,14-20,24-25H,2-8,11-13H2,1H3/b10-9+/t14-,15+,16+,17?,18+,19+,20?/m0/s1. The Morgan fingerprint density at radius 3 is 2.79 bits per heavy atom. The molecule has 2 aliphatic rings. The third-order valence-corrected chi connectivity index (χ3v) is 7.24. The quantitative estimate of drug-likeness (QED) is 0.191. The van der Waals surface area contributed by atoms with Crippen LogP contribution in [0.15, 0.2) is 12.2 Å². The van der Waals surface area contributed by atoms with Gasteiger partial charge in [0.2, 0.25) is 0 Å². The summed E-state index contributed by atoms with van der Waals surface area (Å²) in [5, 5.41) is 20.6. The number of rotatable bonds is 12. The van der Waals surface area contributed by atoms with Gasteiger partial charge in [-0.25, -0.2) is 0 Å². The van der Waals surface area contributed by atoms with Crippen molar-refractivity contribution in [2.45, 2.75) is 87.0 Å². The van der Waals surface area contributed by atoms with Gasteiger partial charge in [0.25, 0.3) is 0 Å². The Labute approximate surface area is 181 Å². The number of alkyl halides is 2. The Kier molecular flexibility index (Phi) is 10.8. The summed E-state index contributed by atoms with van der Waals surface area (Å²) in [6.45, 7) is 0. The fraction of sp³-hybridized carbons (Fsp3) is 0.857. The van der Waals surface area contributed by atoms with Crippen LogP contribution in [0.5, 0.6) is 0 Å². The first-order valence-corrected chi connectivity index (χ1v) is 11.9. The third kappa shape index (κ3) is 7.28. The zero-order valence-electron chi connectivity index (χ0n) is 16.6. The number of carbonyl (C=O) groups excluding carboxylic acids is 1. The van der Waals surface area contributed by atoms with Gasteiger partial charge in [0.15, 0.2) is 0 Å². The molecule has 1 saturated carbocycles. The molecule has 162 valence electrons. The Hall–Kier alpha value is -0.140. The molecule has 0 radical (unpaired) electrons. The van der Waals surface area contributed by atoms with Crippen LogP contribution in [0, 0.1) is 11.8 Å². The van der Waals surface area contributed by atoms with Crippen LogP contribution in [0.25, 0.3) is 0 Å². The van der Waals surface area contributed by atoms with Gasteiger partial charge in [-0.1, -0.05) is 40.9 Å². The Morgan fingerprint density at radius 2 is 2.07 bits per heavy atom. The lowest BCUT2D eigenvalue weighted by Gasteiger charge is -2.21. The summed E-state index contributed by atoms with van der Waals surface area (Å²) < 4.78 is 10.9. The van der Waals surface area contributed by atoms with Crippen LogP contribution in [-0.2, 0) is 14.3 Å². The molecule has 0 aromatic carbocycles. The van der Waals surface area contributed by atoms with Gasteiger partial charge in [0, 0.05) is 29.5 Å². The van der Waals surface area contributed by atoms with Crippen molar-refractivity contribution in [3.05, 3.63) is 12.2 Å². The molecule has 1 saturated heterocycles. The molecule has 0 amide bonds. The van der Waals surface area contributed by atoms with E-state index in [9.17, 15) is 15.0 Å². The molecule has 28 heavy (non-hydrogen) atoms. The van der Waals surface area contributed by atoms with E-state index in [4.69, 9.17) is 16.3 Å². The van der Waals surface area contributed by atoms with Crippen molar-refractivity contribution in [1.82, 2.24) is 0 Å². The maximum atomic E-state index is 11.2. The molecule has 2 rings (SSSR count). The predicted molar refractivity (Wildman–Crippen MR) is 114 cm³/mol. The topological polar surface area (TPSA) is 76.0 Å². The number of aliphatic hydroxyl groups excluding tert-OH is 2. The lowest BCUT2D eigenvalue weighted by Crippen LogP contribution is -2.24. The van der Waals surface area contributed by atoms with Gasteiger partial charge in [-0.15, -0.1) is 11.6 Å². The Balaban J connectivity index is 1.78. The highest BCUT2D eigenvalue weighted by atomic mass is 79.9. The molecular formula is C21H34BrClO5. The molecule has 1 aliphatic carbocycles. The number of unbranched alkanes of at least 4 members (excludes halogenated alkanes) is 2. The number of esters is 1. The molecule has 0 aromatic rings. The van der Waals surface area contributed by atoms with E-state index in [1.165, 1.54) is 7.11 Å². The van der Waals surface area contributed by atoms with Crippen molar-refractivity contribution in [2.75, 3.05) is 13.0 Å². The van der Waals surface area contributed by atoms with Crippen LogP contribution in [-0.4, -0.2) is 58.4 Å². The van der Waals surface area contributed by atoms with Crippen molar-refractivity contribution < 1.29 is 24.5 Å². The molecule has 0 bridgehead atoms. The third-order valence-electron chi connectivity index (χ3n) is 5.92. The van der Waals surface area contributed by atoms with E-state index in [2.05, 4.69) is 20.7 Å². The summed E-state index contributed by atoms with van der Waals surface area (Å²) in [7, 11) is 1.41. The van der Waals surface area contributed by atoms with Gasteiger partial charge >= 0.3 is 5.97 Å². The normalized spacial score (nSPS) is 31.8. The largest absolute Gasteiger partial charge is 0.469 e. The van der Waals surface area contributed by atoms with Crippen LogP contribution in [0.1, 0.15) is 57.8 Å². The highest BCUT2D eigenvalue weighted by Gasteiger charge is 2.49. The summed E-state index contributed by atoms with van der Waals surface area (Å²) in [5.74, 6) is 0.794. The Morgan fingerprint density at radius 1 is 1.29 bits per heavy atom. The molecule has 2 fully saturated rings. The van der Waals surface area contributed by atoms with Crippen LogP contribution < -0.4 is 0 Å². The highest BCUT2D eigenvalue weighted by molar-refractivity contribution is 9.09. The van der Waals surface area contributed by atoms with Gasteiger partial charge in [0.05, 0.1) is 31.5 Å². The number of hydrogen-bond acceptors (Lipinski definition) is 5. The fourth-order valence-electron chi connectivity index (χ4n) is 4.33. The van der Waals surface area contributed by atoms with E-state index in [1.54, 1.807) is 0 Å². The second kappa shape index (κ2) is 12.5. The molecule has 1 heterocycles. The predicted octanol–water partition coefficient (Wildman–Crippen LogP) is 3.96. The molecular weight excluding hydrogens is 448 g/mol. The van der Waals surface area contributed by atoms with E-state index in [1.807, 2.05) is 12.2 Å². The monoisotopic (exact) mass is 480 g/mol. The van der Waals surface area contributed by atoms with Gasteiger partial charge in [-0.2, -0.15) is 0 Å². The first-order valence-electron chi connectivity index (χ1n) is 10.4. The van der Waals surface area contributed by atoms with Crippen molar-refractivity contribution in [3.63, 3.8) is 0 Å². The summed E-state index contributed by atoms with van der Waals surface area (Å²) in [6.07, 6.45) is 10.4. The van der Waals surface area contributed by atoms with Crippen molar-refractivity contribution in [3.8, 4) is 0 Å².